The number of nitrogens with one attached hydrogen (secondary N) is 1. The average Bonchev–Trinajstić information content (AvgIpc) is 2.59. The highest BCUT2D eigenvalue weighted by atomic mass is 35.5. The molecule has 0 atom stereocenters. The largest absolute Gasteiger partial charge is 0.495 e. The maximum Gasteiger partial charge on any atom is 0.247 e. The van der Waals surface area contributed by atoms with Gasteiger partial charge < -0.3 is 19.9 Å². The predicted molar refractivity (Wildman–Crippen MR) is 95.6 cm³/mol. The molecule has 1 N–H and O–H groups in total. The molecule has 2 heterocycles. The number of aryl methyl sites for hydroxylation is 1. The zero-order valence-electron chi connectivity index (χ0n) is 14.1. The summed E-state index contributed by atoms with van der Waals surface area (Å²) in [7, 11) is 3.73. The van der Waals surface area contributed by atoms with E-state index >= 15 is 0 Å². The lowest BCUT2D eigenvalue weighted by atomic mass is 10.2. The zero-order valence-corrected chi connectivity index (χ0v) is 14.8. The number of rotatable bonds is 4. The van der Waals surface area contributed by atoms with Crippen LogP contribution in [-0.4, -0.2) is 60.4 Å². The van der Waals surface area contributed by atoms with Crippen LogP contribution in [-0.2, 0) is 0 Å². The van der Waals surface area contributed by atoms with Crippen LogP contribution in [0, 0.1) is 6.92 Å². The van der Waals surface area contributed by atoms with Crippen molar-refractivity contribution in [2.75, 3.05) is 50.6 Å². The van der Waals surface area contributed by atoms with Crippen LogP contribution in [0.3, 0.4) is 0 Å². The van der Waals surface area contributed by atoms with Gasteiger partial charge in [-0.1, -0.05) is 11.6 Å². The van der Waals surface area contributed by atoms with E-state index in [-0.39, 0.29) is 0 Å². The standard InChI is InChI=1S/C16H21ClN6O/c1-11-8-13(14(24-3)9-12(11)17)19-15-10-18-21-16(20-15)23-6-4-22(2)5-7-23/h8-10H,4-7H2,1-3H3,(H,19,20,21). The molecule has 3 rings (SSSR count). The highest BCUT2D eigenvalue weighted by Gasteiger charge is 2.17. The summed E-state index contributed by atoms with van der Waals surface area (Å²) in [4.78, 5) is 9.00. The molecule has 8 heteroatoms. The first-order chi connectivity index (χ1) is 11.6. The van der Waals surface area contributed by atoms with Crippen molar-refractivity contribution in [1.29, 1.82) is 0 Å². The van der Waals surface area contributed by atoms with Crippen LogP contribution >= 0.6 is 11.6 Å². The van der Waals surface area contributed by atoms with E-state index in [0.717, 1.165) is 37.4 Å². The molecule has 0 spiro atoms. The summed E-state index contributed by atoms with van der Waals surface area (Å²) < 4.78 is 5.39. The van der Waals surface area contributed by atoms with Crippen molar-refractivity contribution in [2.45, 2.75) is 6.92 Å². The topological polar surface area (TPSA) is 66.4 Å². The van der Waals surface area contributed by atoms with E-state index in [4.69, 9.17) is 16.3 Å². The van der Waals surface area contributed by atoms with E-state index in [2.05, 4.69) is 37.3 Å². The number of anilines is 3. The number of methoxy groups -OCH3 is 1. The second kappa shape index (κ2) is 7.19. The third kappa shape index (κ3) is 3.68. The van der Waals surface area contributed by atoms with Gasteiger partial charge in [-0.3, -0.25) is 0 Å². The van der Waals surface area contributed by atoms with Gasteiger partial charge in [0.1, 0.15) is 5.75 Å². The second-order valence-electron chi connectivity index (χ2n) is 5.86. The molecule has 1 saturated heterocycles. The summed E-state index contributed by atoms with van der Waals surface area (Å²) in [6, 6.07) is 3.72. The van der Waals surface area contributed by atoms with Gasteiger partial charge in [0.05, 0.1) is 19.0 Å². The van der Waals surface area contributed by atoms with Crippen LogP contribution < -0.4 is 15.0 Å². The maximum atomic E-state index is 6.15. The van der Waals surface area contributed by atoms with Crippen LogP contribution in [0.15, 0.2) is 18.3 Å². The highest BCUT2D eigenvalue weighted by molar-refractivity contribution is 6.31. The van der Waals surface area contributed by atoms with Crippen LogP contribution in [0.2, 0.25) is 5.02 Å². The maximum absolute atomic E-state index is 6.15. The molecule has 1 fully saturated rings. The Hall–Kier alpha value is -2.12. The summed E-state index contributed by atoms with van der Waals surface area (Å²) in [5.74, 6) is 1.92. The number of nitrogens with zero attached hydrogens (tertiary/aromatic N) is 5. The predicted octanol–water partition coefficient (Wildman–Crippen LogP) is 2.34. The quantitative estimate of drug-likeness (QED) is 0.909. The summed E-state index contributed by atoms with van der Waals surface area (Å²) in [6.07, 6.45) is 1.60. The van der Waals surface area contributed by atoms with Crippen LogP contribution in [0.25, 0.3) is 0 Å². The number of hydrogen-bond acceptors (Lipinski definition) is 7. The fourth-order valence-electron chi connectivity index (χ4n) is 2.56. The van der Waals surface area contributed by atoms with Gasteiger partial charge in [-0.15, -0.1) is 5.10 Å². The van der Waals surface area contributed by atoms with Gasteiger partial charge in [-0.05, 0) is 25.6 Å². The lowest BCUT2D eigenvalue weighted by molar-refractivity contribution is 0.311. The number of benzene rings is 1. The average molecular weight is 349 g/mol. The van der Waals surface area contributed by atoms with E-state index in [1.807, 2.05) is 13.0 Å². The Morgan fingerprint density at radius 3 is 2.67 bits per heavy atom. The molecule has 1 aromatic heterocycles. The number of piperazine rings is 1. The van der Waals surface area contributed by atoms with Gasteiger partial charge in [0, 0.05) is 37.3 Å². The first kappa shape index (κ1) is 16.7. The lowest BCUT2D eigenvalue weighted by Gasteiger charge is -2.32. The molecule has 2 aromatic rings. The van der Waals surface area contributed by atoms with Crippen molar-refractivity contribution in [2.24, 2.45) is 0 Å². The summed E-state index contributed by atoms with van der Waals surface area (Å²) in [6.45, 7) is 5.72. The van der Waals surface area contributed by atoms with Crippen LogP contribution in [0.4, 0.5) is 17.5 Å². The highest BCUT2D eigenvalue weighted by Crippen LogP contribution is 2.32. The third-order valence-electron chi connectivity index (χ3n) is 4.08. The molecule has 0 saturated carbocycles. The second-order valence-corrected chi connectivity index (χ2v) is 6.27. The molecule has 1 aliphatic rings. The minimum Gasteiger partial charge on any atom is -0.495 e. The number of aromatic nitrogens is 3. The lowest BCUT2D eigenvalue weighted by Crippen LogP contribution is -2.45. The first-order valence-corrected chi connectivity index (χ1v) is 8.19. The minimum absolute atomic E-state index is 0.624. The fraction of sp³-hybridized carbons (Fsp3) is 0.438. The summed E-state index contributed by atoms with van der Waals surface area (Å²) >= 11 is 6.15. The van der Waals surface area contributed by atoms with Gasteiger partial charge in [-0.2, -0.15) is 10.1 Å². The number of likely N-dealkylation sites (N-methyl/N-ethyl adjacent to an activating group) is 1. The number of halogens is 1. The van der Waals surface area contributed by atoms with Gasteiger partial charge in [0.15, 0.2) is 5.82 Å². The van der Waals surface area contributed by atoms with Crippen molar-refractivity contribution in [3.8, 4) is 5.75 Å². The van der Waals surface area contributed by atoms with Crippen molar-refractivity contribution in [3.63, 3.8) is 0 Å². The molecule has 0 bridgehead atoms. The molecule has 1 aliphatic heterocycles. The van der Waals surface area contributed by atoms with E-state index in [9.17, 15) is 0 Å². The molecule has 24 heavy (non-hydrogen) atoms. The van der Waals surface area contributed by atoms with E-state index in [1.54, 1.807) is 19.4 Å². The SMILES string of the molecule is COc1cc(Cl)c(C)cc1Nc1cnnc(N2CCN(C)CC2)n1. The minimum atomic E-state index is 0.624. The summed E-state index contributed by atoms with van der Waals surface area (Å²) in [5.41, 5.74) is 1.76. The Kier molecular flexibility index (Phi) is 5.01. The van der Waals surface area contributed by atoms with Crippen molar-refractivity contribution in [3.05, 3.63) is 28.9 Å². The molecule has 128 valence electrons. The van der Waals surface area contributed by atoms with Crippen LogP contribution in [0.5, 0.6) is 5.75 Å². The van der Waals surface area contributed by atoms with Crippen LogP contribution in [0.1, 0.15) is 5.56 Å². The smallest absolute Gasteiger partial charge is 0.247 e. The third-order valence-corrected chi connectivity index (χ3v) is 4.48. The van der Waals surface area contributed by atoms with Gasteiger partial charge >= 0.3 is 0 Å². The molecule has 1 aromatic carbocycles. The van der Waals surface area contributed by atoms with Crippen molar-refractivity contribution < 1.29 is 4.74 Å². The van der Waals surface area contributed by atoms with E-state index < -0.39 is 0 Å². The Balaban J connectivity index is 1.81. The normalized spacial score (nSPS) is 15.4. The Morgan fingerprint density at radius 2 is 1.96 bits per heavy atom. The Morgan fingerprint density at radius 1 is 1.21 bits per heavy atom. The van der Waals surface area contributed by atoms with Gasteiger partial charge in [-0.25, -0.2) is 0 Å². The van der Waals surface area contributed by atoms with Crippen molar-refractivity contribution >= 4 is 29.1 Å². The van der Waals surface area contributed by atoms with Gasteiger partial charge in [0.2, 0.25) is 5.95 Å². The Bertz CT molecular complexity index is 718. The molecular weight excluding hydrogens is 328 g/mol. The van der Waals surface area contributed by atoms with E-state index in [0.29, 0.717) is 22.5 Å². The molecule has 0 radical (unpaired) electrons. The fourth-order valence-corrected chi connectivity index (χ4v) is 2.72. The monoisotopic (exact) mass is 348 g/mol. The molecular formula is C16H21ClN6O. The molecule has 0 aliphatic carbocycles. The van der Waals surface area contributed by atoms with Gasteiger partial charge in [0.25, 0.3) is 0 Å². The first-order valence-electron chi connectivity index (χ1n) is 7.81. The summed E-state index contributed by atoms with van der Waals surface area (Å²) in [5, 5.41) is 12.1. The number of ether oxygens (including phenoxy) is 1. The Labute approximate surface area is 146 Å². The van der Waals surface area contributed by atoms with Crippen molar-refractivity contribution in [1.82, 2.24) is 20.1 Å². The molecule has 0 unspecified atom stereocenters. The number of hydrogen-bond donors (Lipinski definition) is 1. The zero-order chi connectivity index (χ0) is 17.1. The molecule has 7 nitrogen and oxygen atoms in total. The molecule has 0 amide bonds. The van der Waals surface area contributed by atoms with E-state index in [1.165, 1.54) is 0 Å².